The second-order valence-corrected chi connectivity index (χ2v) is 7.24. The first-order chi connectivity index (χ1) is 13.6. The van der Waals surface area contributed by atoms with Crippen LogP contribution in [0.4, 0.5) is 4.39 Å². The normalized spacial score (nSPS) is 18.0. The Morgan fingerprint density at radius 2 is 2.11 bits per heavy atom. The van der Waals surface area contributed by atoms with Crippen LogP contribution in [0.5, 0.6) is 0 Å². The molecule has 4 rings (SSSR count). The van der Waals surface area contributed by atoms with Gasteiger partial charge in [0.2, 0.25) is 0 Å². The number of fused-ring (bicyclic) bond motifs is 1. The number of aliphatic hydroxyl groups is 1. The molecule has 1 aliphatic rings. The number of halogens is 1. The first-order valence-corrected chi connectivity index (χ1v) is 9.44. The van der Waals surface area contributed by atoms with E-state index in [-0.39, 0.29) is 12.5 Å². The van der Waals surface area contributed by atoms with E-state index in [0.29, 0.717) is 15.6 Å². The number of nitrogens with one attached hydrogen (secondary N) is 1. The van der Waals surface area contributed by atoms with E-state index in [9.17, 15) is 14.3 Å². The zero-order valence-electron chi connectivity index (χ0n) is 14.7. The molecule has 0 radical (unpaired) electrons. The average Bonchev–Trinajstić information content (AvgIpc) is 3.05. The highest BCUT2D eigenvalue weighted by Gasteiger charge is 2.25. The van der Waals surface area contributed by atoms with Gasteiger partial charge in [-0.1, -0.05) is 24.3 Å². The molecule has 2 heterocycles. The molecule has 0 aliphatic carbocycles. The van der Waals surface area contributed by atoms with Crippen molar-refractivity contribution in [1.29, 1.82) is 0 Å². The van der Waals surface area contributed by atoms with E-state index in [1.54, 1.807) is 24.4 Å². The Hall–Kier alpha value is -3.03. The molecule has 2 aromatic carbocycles. The van der Waals surface area contributed by atoms with Gasteiger partial charge < -0.3 is 10.4 Å². The van der Waals surface area contributed by atoms with Crippen LogP contribution in [-0.4, -0.2) is 27.8 Å². The molecule has 0 saturated carbocycles. The molecular formula is C21H16FN3O2S. The fraction of sp³-hybridized carbons (Fsp3) is 0.0952. The standard InChI is InChI=1S/C21H16FN3O2S/c22-16-5-1-3-15(11-16)18(12-26)24-21-25-20(27)19(28-21)10-13-6-7-17-14(9-13)4-2-8-23-17/h1-11,18,26H,12H2,(H,24,25,27)/b19-10-. The minimum atomic E-state index is -0.649. The predicted octanol–water partition coefficient (Wildman–Crippen LogP) is 3.67. The van der Waals surface area contributed by atoms with Gasteiger partial charge in [-0.05, 0) is 59.3 Å². The van der Waals surface area contributed by atoms with Gasteiger partial charge in [0.1, 0.15) is 11.9 Å². The third kappa shape index (κ3) is 3.95. The summed E-state index contributed by atoms with van der Waals surface area (Å²) in [5, 5.41) is 13.7. The Kier molecular flexibility index (Phi) is 5.18. The summed E-state index contributed by atoms with van der Waals surface area (Å²) in [6.45, 7) is -0.292. The van der Waals surface area contributed by atoms with E-state index < -0.39 is 11.9 Å². The number of benzene rings is 2. The lowest BCUT2D eigenvalue weighted by molar-refractivity contribution is -0.115. The Morgan fingerprint density at radius 3 is 2.93 bits per heavy atom. The molecule has 5 nitrogen and oxygen atoms in total. The fourth-order valence-corrected chi connectivity index (χ4v) is 3.77. The number of aromatic nitrogens is 1. The highest BCUT2D eigenvalue weighted by atomic mass is 32.2. The molecule has 1 atom stereocenters. The van der Waals surface area contributed by atoms with Crippen LogP contribution in [0.1, 0.15) is 17.2 Å². The molecule has 28 heavy (non-hydrogen) atoms. The van der Waals surface area contributed by atoms with E-state index in [2.05, 4.69) is 15.3 Å². The van der Waals surface area contributed by atoms with Crippen LogP contribution in [0.3, 0.4) is 0 Å². The van der Waals surface area contributed by atoms with Crippen molar-refractivity contribution in [3.8, 4) is 0 Å². The Morgan fingerprint density at radius 1 is 1.21 bits per heavy atom. The summed E-state index contributed by atoms with van der Waals surface area (Å²) in [6, 6.07) is 14.8. The summed E-state index contributed by atoms with van der Waals surface area (Å²) < 4.78 is 13.4. The second-order valence-electron chi connectivity index (χ2n) is 6.21. The number of carbonyl (C=O) groups is 1. The number of pyridine rings is 1. The predicted molar refractivity (Wildman–Crippen MR) is 109 cm³/mol. The fourth-order valence-electron chi connectivity index (χ4n) is 2.90. The molecule has 1 amide bonds. The van der Waals surface area contributed by atoms with Crippen molar-refractivity contribution in [3.63, 3.8) is 0 Å². The molecule has 1 unspecified atom stereocenters. The molecule has 140 valence electrons. The third-order valence-electron chi connectivity index (χ3n) is 4.26. The lowest BCUT2D eigenvalue weighted by atomic mass is 10.1. The van der Waals surface area contributed by atoms with Crippen molar-refractivity contribution in [2.45, 2.75) is 6.04 Å². The van der Waals surface area contributed by atoms with Gasteiger partial charge in [-0.15, -0.1) is 0 Å². The number of rotatable bonds is 4. The van der Waals surface area contributed by atoms with Gasteiger partial charge >= 0.3 is 0 Å². The summed E-state index contributed by atoms with van der Waals surface area (Å²) in [4.78, 5) is 21.5. The lowest BCUT2D eigenvalue weighted by Crippen LogP contribution is -2.21. The minimum Gasteiger partial charge on any atom is -0.394 e. The zero-order valence-corrected chi connectivity index (χ0v) is 15.5. The SMILES string of the molecule is O=C1NC(=NC(CO)c2cccc(F)c2)S/C1=C\c1ccc2ncccc2c1. The van der Waals surface area contributed by atoms with Crippen molar-refractivity contribution in [2.24, 2.45) is 4.99 Å². The molecule has 1 fully saturated rings. The maximum Gasteiger partial charge on any atom is 0.264 e. The summed E-state index contributed by atoms with van der Waals surface area (Å²) in [5.74, 6) is -0.656. The first kappa shape index (κ1) is 18.3. The Bertz CT molecular complexity index is 1110. The molecule has 0 bridgehead atoms. The smallest absolute Gasteiger partial charge is 0.264 e. The molecular weight excluding hydrogens is 377 g/mol. The molecule has 0 spiro atoms. The third-order valence-corrected chi connectivity index (χ3v) is 5.18. The Balaban J connectivity index is 1.58. The van der Waals surface area contributed by atoms with Crippen LogP contribution in [-0.2, 0) is 4.79 Å². The van der Waals surface area contributed by atoms with Crippen molar-refractivity contribution in [2.75, 3.05) is 6.61 Å². The van der Waals surface area contributed by atoms with Crippen molar-refractivity contribution >= 4 is 39.8 Å². The molecule has 3 aromatic rings. The number of amidine groups is 1. The number of amides is 1. The van der Waals surface area contributed by atoms with E-state index in [0.717, 1.165) is 16.5 Å². The van der Waals surface area contributed by atoms with Gasteiger partial charge in [-0.25, -0.2) is 4.39 Å². The van der Waals surface area contributed by atoms with Gasteiger partial charge in [-0.2, -0.15) is 0 Å². The van der Waals surface area contributed by atoms with E-state index >= 15 is 0 Å². The van der Waals surface area contributed by atoms with Crippen molar-refractivity contribution in [3.05, 3.63) is 82.6 Å². The van der Waals surface area contributed by atoms with Gasteiger partial charge in [0.15, 0.2) is 5.17 Å². The molecule has 1 aliphatic heterocycles. The largest absolute Gasteiger partial charge is 0.394 e. The van der Waals surface area contributed by atoms with E-state index in [4.69, 9.17) is 0 Å². The molecule has 7 heteroatoms. The van der Waals surface area contributed by atoms with Crippen LogP contribution in [0.15, 0.2) is 70.7 Å². The van der Waals surface area contributed by atoms with Crippen molar-refractivity contribution in [1.82, 2.24) is 10.3 Å². The lowest BCUT2D eigenvalue weighted by Gasteiger charge is -2.10. The highest BCUT2D eigenvalue weighted by Crippen LogP contribution is 2.29. The van der Waals surface area contributed by atoms with Crippen LogP contribution >= 0.6 is 11.8 Å². The summed E-state index contributed by atoms with van der Waals surface area (Å²) in [7, 11) is 0. The van der Waals surface area contributed by atoms with E-state index in [1.807, 2.05) is 30.3 Å². The maximum absolute atomic E-state index is 13.4. The Labute approximate surface area is 165 Å². The van der Waals surface area contributed by atoms with Crippen LogP contribution in [0.2, 0.25) is 0 Å². The van der Waals surface area contributed by atoms with E-state index in [1.165, 1.54) is 23.9 Å². The molecule has 1 aromatic heterocycles. The summed E-state index contributed by atoms with van der Waals surface area (Å²) in [5.41, 5.74) is 2.31. The second kappa shape index (κ2) is 7.92. The number of aliphatic imine (C=N–C) groups is 1. The van der Waals surface area contributed by atoms with Crippen LogP contribution in [0, 0.1) is 5.82 Å². The van der Waals surface area contributed by atoms with Gasteiger partial charge in [0.05, 0.1) is 17.0 Å². The quantitative estimate of drug-likeness (QED) is 0.664. The number of hydrogen-bond acceptors (Lipinski definition) is 5. The summed E-state index contributed by atoms with van der Waals surface area (Å²) in [6.07, 6.45) is 3.52. The van der Waals surface area contributed by atoms with Gasteiger partial charge in [0, 0.05) is 11.6 Å². The number of carbonyl (C=O) groups excluding carboxylic acids is 1. The zero-order chi connectivity index (χ0) is 19.5. The van der Waals surface area contributed by atoms with Crippen molar-refractivity contribution < 1.29 is 14.3 Å². The minimum absolute atomic E-state index is 0.258. The topological polar surface area (TPSA) is 74.6 Å². The maximum atomic E-state index is 13.4. The van der Waals surface area contributed by atoms with Crippen LogP contribution < -0.4 is 5.32 Å². The molecule has 1 saturated heterocycles. The highest BCUT2D eigenvalue weighted by molar-refractivity contribution is 8.18. The number of nitrogens with zero attached hydrogens (tertiary/aromatic N) is 2. The first-order valence-electron chi connectivity index (χ1n) is 8.62. The average molecular weight is 393 g/mol. The summed E-state index contributed by atoms with van der Waals surface area (Å²) >= 11 is 1.19. The van der Waals surface area contributed by atoms with Gasteiger partial charge in [0.25, 0.3) is 5.91 Å². The van der Waals surface area contributed by atoms with Gasteiger partial charge in [-0.3, -0.25) is 14.8 Å². The molecule has 2 N–H and O–H groups in total. The van der Waals surface area contributed by atoms with Crippen LogP contribution in [0.25, 0.3) is 17.0 Å². The number of hydrogen-bond donors (Lipinski definition) is 2. The number of thioether (sulfide) groups is 1. The number of aliphatic hydroxyl groups excluding tert-OH is 1. The monoisotopic (exact) mass is 393 g/mol.